The molecule has 2 fully saturated rings. The van der Waals surface area contributed by atoms with E-state index in [1.807, 2.05) is 0 Å². The number of aliphatic hydroxyl groups is 1. The Morgan fingerprint density at radius 2 is 1.79 bits per heavy atom. The minimum absolute atomic E-state index is 0.0238. The van der Waals surface area contributed by atoms with Crippen molar-refractivity contribution in [2.45, 2.75) is 44.1 Å². The van der Waals surface area contributed by atoms with E-state index in [0.29, 0.717) is 12.8 Å². The SMILES string of the molecule is NC1CC(CO)C12CCC(F)(F)CC2. The van der Waals surface area contributed by atoms with Gasteiger partial charge in [0.25, 0.3) is 0 Å². The van der Waals surface area contributed by atoms with E-state index in [1.54, 1.807) is 0 Å². The van der Waals surface area contributed by atoms with Crippen molar-refractivity contribution in [1.82, 2.24) is 0 Å². The summed E-state index contributed by atoms with van der Waals surface area (Å²) in [4.78, 5) is 0. The number of nitrogens with two attached hydrogens (primary N) is 1. The summed E-state index contributed by atoms with van der Waals surface area (Å²) in [5, 5.41) is 9.11. The van der Waals surface area contributed by atoms with Gasteiger partial charge in [-0.1, -0.05) is 0 Å². The molecule has 2 unspecified atom stereocenters. The van der Waals surface area contributed by atoms with Crippen molar-refractivity contribution in [3.8, 4) is 0 Å². The predicted octanol–water partition coefficient (Wildman–Crippen LogP) is 1.52. The fourth-order valence-electron chi connectivity index (χ4n) is 3.03. The second-order valence-corrected chi connectivity index (χ2v) is 4.81. The van der Waals surface area contributed by atoms with Crippen LogP contribution in [0.5, 0.6) is 0 Å². The van der Waals surface area contributed by atoms with Crippen molar-refractivity contribution in [3.63, 3.8) is 0 Å². The Kier molecular flexibility index (Phi) is 2.31. The number of hydrogen-bond acceptors (Lipinski definition) is 2. The first-order valence-corrected chi connectivity index (χ1v) is 5.24. The maximum absolute atomic E-state index is 13.0. The summed E-state index contributed by atoms with van der Waals surface area (Å²) >= 11 is 0. The molecule has 0 bridgehead atoms. The Bertz CT molecular complexity index is 222. The Morgan fingerprint density at radius 3 is 2.21 bits per heavy atom. The molecule has 0 heterocycles. The van der Waals surface area contributed by atoms with E-state index < -0.39 is 5.92 Å². The molecular formula is C10H17F2NO. The van der Waals surface area contributed by atoms with Crippen molar-refractivity contribution in [2.75, 3.05) is 6.61 Å². The molecule has 0 aromatic heterocycles. The van der Waals surface area contributed by atoms with Gasteiger partial charge in [-0.3, -0.25) is 0 Å². The van der Waals surface area contributed by atoms with Gasteiger partial charge >= 0.3 is 0 Å². The number of alkyl halides is 2. The van der Waals surface area contributed by atoms with Gasteiger partial charge in [0, 0.05) is 25.5 Å². The average molecular weight is 205 g/mol. The highest BCUT2D eigenvalue weighted by molar-refractivity contribution is 5.07. The lowest BCUT2D eigenvalue weighted by atomic mass is 9.51. The van der Waals surface area contributed by atoms with Crippen LogP contribution >= 0.6 is 0 Å². The van der Waals surface area contributed by atoms with Crippen LogP contribution in [0.2, 0.25) is 0 Å². The third-order valence-electron chi connectivity index (χ3n) is 4.22. The van der Waals surface area contributed by atoms with E-state index >= 15 is 0 Å². The molecule has 2 aliphatic rings. The largest absolute Gasteiger partial charge is 0.396 e. The van der Waals surface area contributed by atoms with E-state index in [1.165, 1.54) is 0 Å². The first-order valence-electron chi connectivity index (χ1n) is 5.24. The number of halogens is 2. The van der Waals surface area contributed by atoms with Crippen LogP contribution in [0.15, 0.2) is 0 Å². The van der Waals surface area contributed by atoms with Crippen LogP contribution in [-0.4, -0.2) is 23.7 Å². The van der Waals surface area contributed by atoms with Gasteiger partial charge in [-0.05, 0) is 30.6 Å². The van der Waals surface area contributed by atoms with Crippen molar-refractivity contribution in [1.29, 1.82) is 0 Å². The first-order chi connectivity index (χ1) is 6.50. The number of hydrogen-bond donors (Lipinski definition) is 2. The molecule has 2 atom stereocenters. The van der Waals surface area contributed by atoms with Crippen molar-refractivity contribution in [2.24, 2.45) is 17.1 Å². The zero-order chi connectivity index (χ0) is 10.4. The maximum atomic E-state index is 13.0. The van der Waals surface area contributed by atoms with Crippen molar-refractivity contribution >= 4 is 0 Å². The molecule has 1 spiro atoms. The molecule has 0 radical (unpaired) electrons. The molecule has 0 amide bonds. The summed E-state index contributed by atoms with van der Waals surface area (Å²) in [5.41, 5.74) is 5.72. The summed E-state index contributed by atoms with van der Waals surface area (Å²) in [7, 11) is 0. The van der Waals surface area contributed by atoms with Crippen LogP contribution in [0.4, 0.5) is 8.78 Å². The summed E-state index contributed by atoms with van der Waals surface area (Å²) < 4.78 is 25.9. The zero-order valence-electron chi connectivity index (χ0n) is 8.18. The molecule has 0 aromatic rings. The Balaban J connectivity index is 2.04. The Labute approximate surface area is 82.5 Å². The van der Waals surface area contributed by atoms with E-state index in [-0.39, 0.29) is 36.8 Å². The van der Waals surface area contributed by atoms with Crippen LogP contribution in [0, 0.1) is 11.3 Å². The van der Waals surface area contributed by atoms with Crippen LogP contribution < -0.4 is 5.73 Å². The van der Waals surface area contributed by atoms with Gasteiger partial charge in [0.05, 0.1) is 0 Å². The number of rotatable bonds is 1. The van der Waals surface area contributed by atoms with E-state index in [0.717, 1.165) is 6.42 Å². The van der Waals surface area contributed by atoms with Gasteiger partial charge in [-0.15, -0.1) is 0 Å². The highest BCUT2D eigenvalue weighted by Gasteiger charge is 2.56. The van der Waals surface area contributed by atoms with Gasteiger partial charge < -0.3 is 10.8 Å². The fourth-order valence-corrected chi connectivity index (χ4v) is 3.03. The molecule has 2 aliphatic carbocycles. The monoisotopic (exact) mass is 205 g/mol. The fraction of sp³-hybridized carbons (Fsp3) is 1.00. The van der Waals surface area contributed by atoms with Gasteiger partial charge in [-0.25, -0.2) is 8.78 Å². The molecule has 0 saturated heterocycles. The van der Waals surface area contributed by atoms with Gasteiger partial charge in [0.15, 0.2) is 0 Å². The summed E-state index contributed by atoms with van der Waals surface area (Å²) in [6.07, 6.45) is 1.63. The zero-order valence-corrected chi connectivity index (χ0v) is 8.18. The predicted molar refractivity (Wildman–Crippen MR) is 49.0 cm³/mol. The average Bonchev–Trinajstić information content (AvgIpc) is 2.14. The molecule has 82 valence electrons. The lowest BCUT2D eigenvalue weighted by molar-refractivity contribution is -0.132. The quantitative estimate of drug-likeness (QED) is 0.681. The van der Waals surface area contributed by atoms with Crippen LogP contribution in [0.1, 0.15) is 32.1 Å². The summed E-state index contributed by atoms with van der Waals surface area (Å²) in [5.74, 6) is -2.34. The smallest absolute Gasteiger partial charge is 0.248 e. The Hall–Kier alpha value is -0.220. The lowest BCUT2D eigenvalue weighted by Crippen LogP contribution is -2.61. The molecule has 2 nitrogen and oxygen atoms in total. The topological polar surface area (TPSA) is 46.2 Å². The minimum atomic E-state index is -2.50. The standard InChI is InChI=1S/C10H17F2NO/c11-10(12)3-1-9(2-4-10)7(6-14)5-8(9)13/h7-8,14H,1-6,13H2. The Morgan fingerprint density at radius 1 is 1.21 bits per heavy atom. The van der Waals surface area contributed by atoms with Gasteiger partial charge in [-0.2, -0.15) is 0 Å². The second kappa shape index (κ2) is 3.14. The molecule has 0 aliphatic heterocycles. The molecule has 2 saturated carbocycles. The van der Waals surface area contributed by atoms with Crippen molar-refractivity contribution < 1.29 is 13.9 Å². The van der Waals surface area contributed by atoms with Crippen LogP contribution in [0.3, 0.4) is 0 Å². The molecule has 3 N–H and O–H groups in total. The van der Waals surface area contributed by atoms with Crippen molar-refractivity contribution in [3.05, 3.63) is 0 Å². The maximum Gasteiger partial charge on any atom is 0.248 e. The van der Waals surface area contributed by atoms with E-state index in [4.69, 9.17) is 10.8 Å². The van der Waals surface area contributed by atoms with E-state index in [9.17, 15) is 8.78 Å². The van der Waals surface area contributed by atoms with Gasteiger partial charge in [0.1, 0.15) is 0 Å². The first kappa shape index (κ1) is 10.3. The number of aliphatic hydroxyl groups excluding tert-OH is 1. The highest BCUT2D eigenvalue weighted by Crippen LogP contribution is 2.57. The lowest BCUT2D eigenvalue weighted by Gasteiger charge is -2.57. The molecule has 14 heavy (non-hydrogen) atoms. The summed E-state index contributed by atoms with van der Waals surface area (Å²) in [6.45, 7) is 0.0965. The molecular weight excluding hydrogens is 188 g/mol. The highest BCUT2D eigenvalue weighted by atomic mass is 19.3. The van der Waals surface area contributed by atoms with Crippen LogP contribution in [-0.2, 0) is 0 Å². The minimum Gasteiger partial charge on any atom is -0.396 e. The van der Waals surface area contributed by atoms with Gasteiger partial charge in [0.2, 0.25) is 5.92 Å². The molecule has 0 aromatic carbocycles. The third-order valence-corrected chi connectivity index (χ3v) is 4.22. The van der Waals surface area contributed by atoms with E-state index in [2.05, 4.69) is 0 Å². The third kappa shape index (κ3) is 1.36. The summed E-state index contributed by atoms with van der Waals surface area (Å²) in [6, 6.07) is 0.0238. The van der Waals surface area contributed by atoms with Crippen LogP contribution in [0.25, 0.3) is 0 Å². The second-order valence-electron chi connectivity index (χ2n) is 4.81. The normalized spacial score (nSPS) is 39.4. The molecule has 2 rings (SSSR count). The molecule has 4 heteroatoms.